The number of sulfonamides is 1. The number of hydrogen-bond donors (Lipinski definition) is 1. The van der Waals surface area contributed by atoms with Gasteiger partial charge in [-0.2, -0.15) is 0 Å². The summed E-state index contributed by atoms with van der Waals surface area (Å²) in [6, 6.07) is 9.82. The quantitative estimate of drug-likeness (QED) is 0.725. The molecule has 0 saturated heterocycles. The molecule has 7 nitrogen and oxygen atoms in total. The van der Waals surface area contributed by atoms with Gasteiger partial charge in [0, 0.05) is 11.8 Å². The van der Waals surface area contributed by atoms with Crippen molar-refractivity contribution in [1.29, 1.82) is 0 Å². The van der Waals surface area contributed by atoms with E-state index in [0.717, 1.165) is 40.2 Å². The van der Waals surface area contributed by atoms with Crippen molar-refractivity contribution < 1.29 is 22.7 Å². The summed E-state index contributed by atoms with van der Waals surface area (Å²) in [7, 11) is -3.74. The van der Waals surface area contributed by atoms with Crippen molar-refractivity contribution in [3.63, 3.8) is 0 Å². The molecule has 0 aliphatic carbocycles. The van der Waals surface area contributed by atoms with Gasteiger partial charge in [0.25, 0.3) is 0 Å². The van der Waals surface area contributed by atoms with Gasteiger partial charge < -0.3 is 14.8 Å². The highest BCUT2D eigenvalue weighted by Crippen LogP contribution is 2.35. The predicted octanol–water partition coefficient (Wildman–Crippen LogP) is 3.38. The highest BCUT2D eigenvalue weighted by atomic mass is 32.2. The average Bonchev–Trinajstić information content (AvgIpc) is 2.72. The number of benzene rings is 2. The fourth-order valence-electron chi connectivity index (χ4n) is 3.61. The second-order valence-corrected chi connectivity index (χ2v) is 9.07. The number of nitrogens with one attached hydrogen (secondary N) is 1. The molecule has 1 N–H and O–H groups in total. The number of hydrogen-bond acceptors (Lipinski definition) is 5. The van der Waals surface area contributed by atoms with Gasteiger partial charge in [0.1, 0.15) is 19.3 Å². The summed E-state index contributed by atoms with van der Waals surface area (Å²) in [5, 5.41) is 2.96. The summed E-state index contributed by atoms with van der Waals surface area (Å²) < 4.78 is 37.4. The number of nitrogens with zero attached hydrogens (tertiary/aromatic N) is 1. The number of ether oxygens (including phenoxy) is 2. The summed E-state index contributed by atoms with van der Waals surface area (Å²) >= 11 is 0. The first-order chi connectivity index (χ1) is 14.3. The van der Waals surface area contributed by atoms with Crippen LogP contribution < -0.4 is 19.1 Å². The molecule has 1 amide bonds. The van der Waals surface area contributed by atoms with Crippen LogP contribution in [0.5, 0.6) is 11.5 Å². The van der Waals surface area contributed by atoms with Crippen molar-refractivity contribution >= 4 is 27.3 Å². The Labute approximate surface area is 178 Å². The molecule has 0 aromatic heterocycles. The summed E-state index contributed by atoms with van der Waals surface area (Å²) in [5.41, 5.74) is 3.14. The standard InChI is InChI=1S/C22H28N2O5S/c1-5-16-8-7-9-17(6-2)21(16)23-22(25)15(3)24(30(4,26)27)18-10-11-19-20(14-18)29-13-12-28-19/h7-11,14-15H,5-6,12-13H2,1-4H3,(H,23,25)/t15-/m0/s1. The molecule has 2 aromatic carbocycles. The molecular formula is C22H28N2O5S. The summed E-state index contributed by atoms with van der Waals surface area (Å²) in [6.45, 7) is 6.45. The molecule has 1 atom stereocenters. The third-order valence-electron chi connectivity index (χ3n) is 5.12. The Morgan fingerprint density at radius 2 is 1.67 bits per heavy atom. The van der Waals surface area contributed by atoms with Crippen LogP contribution in [0, 0.1) is 0 Å². The second kappa shape index (κ2) is 8.95. The molecule has 1 aliphatic rings. The van der Waals surface area contributed by atoms with E-state index in [1.54, 1.807) is 25.1 Å². The van der Waals surface area contributed by atoms with E-state index in [1.165, 1.54) is 0 Å². The molecule has 3 rings (SSSR count). The van der Waals surface area contributed by atoms with E-state index in [4.69, 9.17) is 9.47 Å². The number of rotatable bonds is 7. The zero-order valence-corrected chi connectivity index (χ0v) is 18.6. The smallest absolute Gasteiger partial charge is 0.248 e. The minimum atomic E-state index is -3.74. The lowest BCUT2D eigenvalue weighted by atomic mass is 10.0. The third kappa shape index (κ3) is 4.53. The minimum absolute atomic E-state index is 0.351. The lowest BCUT2D eigenvalue weighted by Crippen LogP contribution is -2.45. The van der Waals surface area contributed by atoms with Crippen LogP contribution in [0.15, 0.2) is 36.4 Å². The molecule has 162 valence electrons. The van der Waals surface area contributed by atoms with Crippen LogP contribution >= 0.6 is 0 Å². The van der Waals surface area contributed by atoms with Gasteiger partial charge in [-0.25, -0.2) is 8.42 Å². The first-order valence-corrected chi connectivity index (χ1v) is 11.9. The molecule has 0 unspecified atom stereocenters. The second-order valence-electron chi connectivity index (χ2n) is 7.21. The van der Waals surface area contributed by atoms with Gasteiger partial charge in [0.2, 0.25) is 15.9 Å². The normalized spacial score (nSPS) is 14.1. The first kappa shape index (κ1) is 22.0. The zero-order valence-electron chi connectivity index (χ0n) is 17.8. The summed E-state index contributed by atoms with van der Waals surface area (Å²) in [4.78, 5) is 13.1. The topological polar surface area (TPSA) is 84.9 Å². The Balaban J connectivity index is 1.94. The summed E-state index contributed by atoms with van der Waals surface area (Å²) in [5.74, 6) is 0.621. The van der Waals surface area contributed by atoms with Crippen molar-refractivity contribution in [2.75, 3.05) is 29.1 Å². The van der Waals surface area contributed by atoms with Crippen molar-refractivity contribution in [3.8, 4) is 11.5 Å². The van der Waals surface area contributed by atoms with E-state index in [9.17, 15) is 13.2 Å². The van der Waals surface area contributed by atoms with Crippen molar-refractivity contribution in [3.05, 3.63) is 47.5 Å². The van der Waals surface area contributed by atoms with Gasteiger partial charge >= 0.3 is 0 Å². The van der Waals surface area contributed by atoms with Gasteiger partial charge in [-0.1, -0.05) is 32.0 Å². The van der Waals surface area contributed by atoms with Crippen LogP contribution in [0.2, 0.25) is 0 Å². The first-order valence-electron chi connectivity index (χ1n) is 10.1. The highest BCUT2D eigenvalue weighted by molar-refractivity contribution is 7.92. The fourth-order valence-corrected chi connectivity index (χ4v) is 4.78. The zero-order chi connectivity index (χ0) is 21.9. The molecular weight excluding hydrogens is 404 g/mol. The SMILES string of the molecule is CCc1cccc(CC)c1NC(=O)[C@H](C)N(c1ccc2c(c1)OCCO2)S(C)(=O)=O. The minimum Gasteiger partial charge on any atom is -0.486 e. The molecule has 2 aromatic rings. The van der Waals surface area contributed by atoms with Crippen LogP contribution in [0.1, 0.15) is 31.9 Å². The molecule has 0 radical (unpaired) electrons. The number of amides is 1. The van der Waals surface area contributed by atoms with E-state index >= 15 is 0 Å². The number of anilines is 2. The van der Waals surface area contributed by atoms with Gasteiger partial charge in [-0.05, 0) is 43.0 Å². The maximum absolute atomic E-state index is 13.1. The van der Waals surface area contributed by atoms with Crippen molar-refractivity contribution in [2.45, 2.75) is 39.7 Å². The molecule has 0 saturated carbocycles. The Morgan fingerprint density at radius 1 is 1.07 bits per heavy atom. The van der Waals surface area contributed by atoms with Gasteiger partial charge in [0.15, 0.2) is 11.5 Å². The van der Waals surface area contributed by atoms with Crippen LogP contribution in [-0.2, 0) is 27.7 Å². The lowest BCUT2D eigenvalue weighted by molar-refractivity contribution is -0.116. The van der Waals surface area contributed by atoms with Gasteiger partial charge in [-0.15, -0.1) is 0 Å². The predicted molar refractivity (Wildman–Crippen MR) is 118 cm³/mol. The summed E-state index contributed by atoms with van der Waals surface area (Å²) in [6.07, 6.45) is 2.61. The number of fused-ring (bicyclic) bond motifs is 1. The van der Waals surface area contributed by atoms with Crippen LogP contribution in [0.4, 0.5) is 11.4 Å². The van der Waals surface area contributed by atoms with E-state index in [1.807, 2.05) is 32.0 Å². The Hall–Kier alpha value is -2.74. The maximum atomic E-state index is 13.1. The van der Waals surface area contributed by atoms with Gasteiger partial charge in [-0.3, -0.25) is 9.10 Å². The number of carbonyl (C=O) groups excluding carboxylic acids is 1. The maximum Gasteiger partial charge on any atom is 0.248 e. The van der Waals surface area contributed by atoms with Crippen LogP contribution in [0.25, 0.3) is 0 Å². The molecule has 0 bridgehead atoms. The van der Waals surface area contributed by atoms with Crippen molar-refractivity contribution in [1.82, 2.24) is 0 Å². The largest absolute Gasteiger partial charge is 0.486 e. The number of carbonyl (C=O) groups is 1. The molecule has 1 aliphatic heterocycles. The monoisotopic (exact) mass is 432 g/mol. The van der Waals surface area contributed by atoms with E-state index in [-0.39, 0.29) is 0 Å². The number of para-hydroxylation sites is 1. The Bertz CT molecular complexity index is 1010. The third-order valence-corrected chi connectivity index (χ3v) is 6.36. The van der Waals surface area contributed by atoms with Crippen molar-refractivity contribution in [2.24, 2.45) is 0 Å². The van der Waals surface area contributed by atoms with E-state index in [2.05, 4.69) is 5.32 Å². The Morgan fingerprint density at radius 3 is 2.23 bits per heavy atom. The molecule has 0 spiro atoms. The Kier molecular flexibility index (Phi) is 6.55. The van der Waals surface area contributed by atoms with Gasteiger partial charge in [0.05, 0.1) is 11.9 Å². The molecule has 1 heterocycles. The highest BCUT2D eigenvalue weighted by Gasteiger charge is 2.31. The molecule has 30 heavy (non-hydrogen) atoms. The van der Waals surface area contributed by atoms with Crippen LogP contribution in [0.3, 0.4) is 0 Å². The lowest BCUT2D eigenvalue weighted by Gasteiger charge is -2.30. The molecule has 0 fully saturated rings. The average molecular weight is 433 g/mol. The molecule has 8 heteroatoms. The van der Waals surface area contributed by atoms with E-state index < -0.39 is 22.0 Å². The number of aryl methyl sites for hydroxylation is 2. The fraction of sp³-hybridized carbons (Fsp3) is 0.409. The van der Waals surface area contributed by atoms with E-state index in [0.29, 0.717) is 30.4 Å². The van der Waals surface area contributed by atoms with Crippen LogP contribution in [-0.4, -0.2) is 39.8 Å².